The minimum Gasteiger partial charge on any atom is -0.508 e. The normalized spacial score (nSPS) is 20.8. The first kappa shape index (κ1) is 18.1. The molecule has 0 spiro atoms. The minimum atomic E-state index is -0.571. The molecule has 1 heterocycles. The van der Waals surface area contributed by atoms with E-state index in [-0.39, 0.29) is 36.1 Å². The standard InChI is InChI=1S/C18H25NO5/c1-18(2,3)24-17(22)19-10-13(9-16(21)23-4)15(11-19)12-6-5-7-14(20)8-12/h5-8,13,15,20H,9-11H2,1-4H3/t13?,15-/m0/s1. The van der Waals surface area contributed by atoms with Crippen molar-refractivity contribution in [3.63, 3.8) is 0 Å². The monoisotopic (exact) mass is 335 g/mol. The Morgan fingerprint density at radius 3 is 2.58 bits per heavy atom. The van der Waals surface area contributed by atoms with E-state index in [4.69, 9.17) is 9.47 Å². The Bertz CT molecular complexity index is 608. The lowest BCUT2D eigenvalue weighted by Gasteiger charge is -2.24. The summed E-state index contributed by atoms with van der Waals surface area (Å²) in [6, 6.07) is 6.93. The molecular formula is C18H25NO5. The van der Waals surface area contributed by atoms with E-state index in [0.717, 1.165) is 5.56 Å². The summed E-state index contributed by atoms with van der Waals surface area (Å²) in [6.07, 6.45) is -0.170. The van der Waals surface area contributed by atoms with Crippen LogP contribution in [0.2, 0.25) is 0 Å². The second kappa shape index (κ2) is 7.11. The lowest BCUT2D eigenvalue weighted by Crippen LogP contribution is -2.35. The highest BCUT2D eigenvalue weighted by Crippen LogP contribution is 2.36. The van der Waals surface area contributed by atoms with Gasteiger partial charge in [0.25, 0.3) is 0 Å². The van der Waals surface area contributed by atoms with Crippen molar-refractivity contribution in [2.24, 2.45) is 5.92 Å². The maximum atomic E-state index is 12.3. The van der Waals surface area contributed by atoms with Gasteiger partial charge in [-0.15, -0.1) is 0 Å². The fourth-order valence-electron chi connectivity index (χ4n) is 2.98. The zero-order chi connectivity index (χ0) is 17.9. The van der Waals surface area contributed by atoms with Gasteiger partial charge in [-0.2, -0.15) is 0 Å². The highest BCUT2D eigenvalue weighted by atomic mass is 16.6. The fourth-order valence-corrected chi connectivity index (χ4v) is 2.98. The zero-order valence-corrected chi connectivity index (χ0v) is 14.6. The molecule has 1 fully saturated rings. The zero-order valence-electron chi connectivity index (χ0n) is 14.6. The third-order valence-corrected chi connectivity index (χ3v) is 4.05. The molecule has 0 saturated carbocycles. The van der Waals surface area contributed by atoms with Crippen molar-refractivity contribution in [3.8, 4) is 5.75 Å². The summed E-state index contributed by atoms with van der Waals surface area (Å²) in [5.41, 5.74) is 0.327. The number of rotatable bonds is 3. The predicted molar refractivity (Wildman–Crippen MR) is 88.8 cm³/mol. The van der Waals surface area contributed by atoms with Crippen LogP contribution < -0.4 is 0 Å². The first-order valence-electron chi connectivity index (χ1n) is 8.03. The number of methoxy groups -OCH3 is 1. The van der Waals surface area contributed by atoms with Crippen molar-refractivity contribution in [3.05, 3.63) is 29.8 Å². The average molecular weight is 335 g/mol. The predicted octanol–water partition coefficient (Wildman–Crippen LogP) is 2.91. The van der Waals surface area contributed by atoms with Gasteiger partial charge < -0.3 is 19.5 Å². The van der Waals surface area contributed by atoms with Crippen LogP contribution in [-0.4, -0.2) is 47.9 Å². The molecule has 0 aliphatic carbocycles. The van der Waals surface area contributed by atoms with E-state index in [1.807, 2.05) is 26.8 Å². The van der Waals surface area contributed by atoms with Crippen molar-refractivity contribution >= 4 is 12.1 Å². The second-order valence-electron chi connectivity index (χ2n) is 7.13. The van der Waals surface area contributed by atoms with Crippen LogP contribution in [-0.2, 0) is 14.3 Å². The summed E-state index contributed by atoms with van der Waals surface area (Å²) in [6.45, 7) is 6.32. The number of carbonyl (C=O) groups excluding carboxylic acids is 2. The number of amides is 1. The van der Waals surface area contributed by atoms with Crippen LogP contribution >= 0.6 is 0 Å². The molecule has 6 heteroatoms. The van der Waals surface area contributed by atoms with Gasteiger partial charge in [0.2, 0.25) is 0 Å². The maximum Gasteiger partial charge on any atom is 0.410 e. The summed E-state index contributed by atoms with van der Waals surface area (Å²) in [7, 11) is 1.35. The van der Waals surface area contributed by atoms with E-state index >= 15 is 0 Å². The van der Waals surface area contributed by atoms with Gasteiger partial charge in [0.05, 0.1) is 13.5 Å². The Morgan fingerprint density at radius 2 is 2.00 bits per heavy atom. The highest BCUT2D eigenvalue weighted by Gasteiger charge is 2.39. The first-order chi connectivity index (χ1) is 11.2. The number of likely N-dealkylation sites (tertiary alicyclic amines) is 1. The fraction of sp³-hybridized carbons (Fsp3) is 0.556. The number of phenols is 1. The molecule has 0 aromatic heterocycles. The Morgan fingerprint density at radius 1 is 1.29 bits per heavy atom. The Hall–Kier alpha value is -2.24. The van der Waals surface area contributed by atoms with E-state index in [9.17, 15) is 14.7 Å². The van der Waals surface area contributed by atoms with Crippen LogP contribution in [0.5, 0.6) is 5.75 Å². The van der Waals surface area contributed by atoms with E-state index in [1.54, 1.807) is 23.1 Å². The smallest absolute Gasteiger partial charge is 0.410 e. The van der Waals surface area contributed by atoms with E-state index < -0.39 is 5.60 Å². The molecule has 1 saturated heterocycles. The molecule has 1 aromatic carbocycles. The summed E-state index contributed by atoms with van der Waals surface area (Å²) in [5.74, 6) is -0.272. The molecule has 1 aromatic rings. The van der Waals surface area contributed by atoms with Gasteiger partial charge in [0.15, 0.2) is 0 Å². The molecule has 0 bridgehead atoms. The van der Waals surface area contributed by atoms with Crippen LogP contribution in [0.4, 0.5) is 4.79 Å². The van der Waals surface area contributed by atoms with E-state index in [1.165, 1.54) is 7.11 Å². The number of phenolic OH excluding ortho intramolecular Hbond substituents is 1. The van der Waals surface area contributed by atoms with Crippen molar-refractivity contribution in [1.82, 2.24) is 4.90 Å². The number of carbonyl (C=O) groups is 2. The SMILES string of the molecule is COC(=O)CC1CN(C(=O)OC(C)(C)C)C[C@H]1c1cccc(O)c1. The molecule has 2 atom stereocenters. The lowest BCUT2D eigenvalue weighted by molar-refractivity contribution is -0.141. The van der Waals surface area contributed by atoms with Crippen molar-refractivity contribution in [2.75, 3.05) is 20.2 Å². The van der Waals surface area contributed by atoms with Gasteiger partial charge in [-0.05, 0) is 44.4 Å². The summed E-state index contributed by atoms with van der Waals surface area (Å²) >= 11 is 0. The molecule has 1 amide bonds. The number of benzene rings is 1. The Balaban J connectivity index is 2.19. The van der Waals surface area contributed by atoms with Gasteiger partial charge >= 0.3 is 12.1 Å². The minimum absolute atomic E-state index is 0.0521. The molecule has 0 radical (unpaired) electrons. The number of aromatic hydroxyl groups is 1. The number of ether oxygens (including phenoxy) is 2. The second-order valence-corrected chi connectivity index (χ2v) is 7.13. The Labute approximate surface area is 142 Å². The topological polar surface area (TPSA) is 76.1 Å². The van der Waals surface area contributed by atoms with Crippen LogP contribution in [0.15, 0.2) is 24.3 Å². The van der Waals surface area contributed by atoms with Crippen LogP contribution in [0.3, 0.4) is 0 Å². The lowest BCUT2D eigenvalue weighted by atomic mass is 9.87. The third kappa shape index (κ3) is 4.63. The largest absolute Gasteiger partial charge is 0.508 e. The molecule has 132 valence electrons. The van der Waals surface area contributed by atoms with Crippen LogP contribution in [0, 0.1) is 5.92 Å². The molecule has 1 N–H and O–H groups in total. The molecule has 24 heavy (non-hydrogen) atoms. The van der Waals surface area contributed by atoms with E-state index in [0.29, 0.717) is 13.1 Å². The molecule has 1 unspecified atom stereocenters. The summed E-state index contributed by atoms with van der Waals surface area (Å²) < 4.78 is 10.2. The van der Waals surface area contributed by atoms with Crippen LogP contribution in [0.1, 0.15) is 38.7 Å². The van der Waals surface area contributed by atoms with Gasteiger partial charge in [0.1, 0.15) is 11.4 Å². The van der Waals surface area contributed by atoms with Gasteiger partial charge in [-0.3, -0.25) is 4.79 Å². The van der Waals surface area contributed by atoms with Gasteiger partial charge in [0, 0.05) is 19.0 Å². The molecular weight excluding hydrogens is 310 g/mol. The molecule has 6 nitrogen and oxygen atoms in total. The maximum absolute atomic E-state index is 12.3. The van der Waals surface area contributed by atoms with Gasteiger partial charge in [-0.25, -0.2) is 4.79 Å². The van der Waals surface area contributed by atoms with Gasteiger partial charge in [-0.1, -0.05) is 12.1 Å². The molecule has 1 aliphatic heterocycles. The number of hydrogen-bond acceptors (Lipinski definition) is 5. The molecule has 2 rings (SSSR count). The van der Waals surface area contributed by atoms with Crippen molar-refractivity contribution in [2.45, 2.75) is 38.7 Å². The van der Waals surface area contributed by atoms with Crippen molar-refractivity contribution in [1.29, 1.82) is 0 Å². The first-order valence-corrected chi connectivity index (χ1v) is 8.03. The summed E-state index contributed by atoms with van der Waals surface area (Å²) in [5, 5.41) is 9.72. The quantitative estimate of drug-likeness (QED) is 0.860. The number of esters is 1. The van der Waals surface area contributed by atoms with Crippen molar-refractivity contribution < 1.29 is 24.2 Å². The average Bonchev–Trinajstić information content (AvgIpc) is 2.89. The van der Waals surface area contributed by atoms with Crippen LogP contribution in [0.25, 0.3) is 0 Å². The summed E-state index contributed by atoms with van der Waals surface area (Å²) in [4.78, 5) is 25.7. The highest BCUT2D eigenvalue weighted by molar-refractivity contribution is 5.71. The number of hydrogen-bond donors (Lipinski definition) is 1. The van der Waals surface area contributed by atoms with E-state index in [2.05, 4.69) is 0 Å². The number of nitrogens with zero attached hydrogens (tertiary/aromatic N) is 1. The Kier molecular flexibility index (Phi) is 5.36. The third-order valence-electron chi connectivity index (χ3n) is 4.05. The molecule has 1 aliphatic rings.